The average Bonchev–Trinajstić information content (AvgIpc) is 4.11. The van der Waals surface area contributed by atoms with Gasteiger partial charge in [-0.05, 0) is 80.0 Å². The number of thiazole rings is 1. The maximum Gasteiger partial charge on any atom is 0.308 e. The summed E-state index contributed by atoms with van der Waals surface area (Å²) in [6, 6.07) is 19.9. The number of likely N-dealkylation sites (tertiary alicyclic amines) is 1. The van der Waals surface area contributed by atoms with E-state index in [-0.39, 0.29) is 36.7 Å². The molecule has 0 spiro atoms. The van der Waals surface area contributed by atoms with E-state index in [4.69, 9.17) is 14.5 Å². The van der Waals surface area contributed by atoms with Gasteiger partial charge in [0.05, 0.1) is 53.0 Å². The molecular weight excluding hydrogens is 927 g/mol. The lowest BCUT2D eigenvalue weighted by atomic mass is 9.85. The van der Waals surface area contributed by atoms with Gasteiger partial charge < -0.3 is 30.1 Å². The lowest BCUT2D eigenvalue weighted by Gasteiger charge is -2.35. The van der Waals surface area contributed by atoms with Crippen LogP contribution in [0.1, 0.15) is 103 Å². The second kappa shape index (κ2) is 20.1. The van der Waals surface area contributed by atoms with Crippen molar-refractivity contribution >= 4 is 52.1 Å². The zero-order valence-electron chi connectivity index (χ0n) is 40.5. The summed E-state index contributed by atoms with van der Waals surface area (Å²) in [5.74, 6) is -0.500. The first-order chi connectivity index (χ1) is 33.4. The average molecular weight is 982 g/mol. The predicted molar refractivity (Wildman–Crippen MR) is 267 cm³/mol. The number of aryl methyl sites for hydroxylation is 3. The second-order valence-corrected chi connectivity index (χ2v) is 20.8. The highest BCUT2D eigenvalue weighted by Gasteiger charge is 2.45. The van der Waals surface area contributed by atoms with Crippen LogP contribution in [0.15, 0.2) is 77.2 Å². The lowest BCUT2D eigenvalue weighted by Crippen LogP contribution is -2.58. The Balaban J connectivity index is 0.936. The van der Waals surface area contributed by atoms with E-state index in [0.717, 1.165) is 59.4 Å². The number of hydrogen-bond donors (Lipinski definition) is 3. The van der Waals surface area contributed by atoms with Crippen LogP contribution in [-0.4, -0.2) is 97.6 Å². The molecule has 1 saturated heterocycles. The number of esters is 1. The van der Waals surface area contributed by atoms with Crippen molar-refractivity contribution in [2.75, 3.05) is 20.3 Å². The number of fused-ring (bicyclic) bond motifs is 3. The Morgan fingerprint density at radius 2 is 1.63 bits per heavy atom. The van der Waals surface area contributed by atoms with Gasteiger partial charge in [-0.15, -0.1) is 32.9 Å². The number of amides is 3. The van der Waals surface area contributed by atoms with E-state index in [2.05, 4.69) is 45.7 Å². The van der Waals surface area contributed by atoms with Gasteiger partial charge in [-0.1, -0.05) is 75.4 Å². The molecule has 0 bridgehead atoms. The smallest absolute Gasteiger partial charge is 0.308 e. The van der Waals surface area contributed by atoms with E-state index in [9.17, 15) is 29.5 Å². The van der Waals surface area contributed by atoms with Gasteiger partial charge in [0.25, 0.3) is 5.91 Å². The number of rotatable bonds is 13. The Morgan fingerprint density at radius 1 is 0.943 bits per heavy atom. The summed E-state index contributed by atoms with van der Waals surface area (Å²) in [6.45, 7) is 14.7. The fourth-order valence-corrected chi connectivity index (χ4v) is 10.9. The molecule has 18 heteroatoms. The second-order valence-electron chi connectivity index (χ2n) is 18.7. The fraction of sp³-hybridized carbons (Fsp3) is 0.365. The van der Waals surface area contributed by atoms with Crippen LogP contribution >= 0.6 is 22.7 Å². The van der Waals surface area contributed by atoms with Gasteiger partial charge in [0.15, 0.2) is 12.4 Å². The number of nitriles is 1. The van der Waals surface area contributed by atoms with Gasteiger partial charge in [0.2, 0.25) is 11.8 Å². The Morgan fingerprint density at radius 3 is 2.29 bits per heavy atom. The number of aliphatic imine (C=N–C) groups is 1. The molecule has 8 rings (SSSR count). The van der Waals surface area contributed by atoms with E-state index in [1.807, 2.05) is 73.9 Å². The number of carbonyl (C=O) groups is 4. The van der Waals surface area contributed by atoms with Crippen LogP contribution in [0.4, 0.5) is 0 Å². The van der Waals surface area contributed by atoms with E-state index < -0.39 is 59.9 Å². The Labute approximate surface area is 414 Å². The molecule has 6 aromatic rings. The van der Waals surface area contributed by atoms with Crippen molar-refractivity contribution in [3.05, 3.63) is 122 Å². The van der Waals surface area contributed by atoms with E-state index >= 15 is 0 Å². The third-order valence-corrected chi connectivity index (χ3v) is 15.0. The quantitative estimate of drug-likeness (QED) is 0.0968. The number of hydrogen-bond acceptors (Lipinski definition) is 14. The molecule has 1 fully saturated rings. The number of aliphatic hydroxyl groups excluding tert-OH is 1. The van der Waals surface area contributed by atoms with Gasteiger partial charge in [-0.2, -0.15) is 5.26 Å². The third-order valence-electron chi connectivity index (χ3n) is 12.8. The molecule has 16 nitrogen and oxygen atoms in total. The SMILES string of the molecule is COC(=O)CC1N=C(c2ccc(-c3ccc(OCC(=O)N[C@H](C(=O)N4C[C@H](O)C[C@H]4C(=O)N[C@@H](C)c4ccc(-c5scnc5C)cc4)C(C)(C)C)c(C#N)c3)cc2)c2c(sc(C)c2C)-n2c(C)nnc21. The number of methoxy groups -OCH3 is 1. The summed E-state index contributed by atoms with van der Waals surface area (Å²) >= 11 is 3.18. The number of ether oxygens (including phenoxy) is 2. The number of aromatic nitrogens is 4. The van der Waals surface area contributed by atoms with Crippen molar-refractivity contribution in [2.24, 2.45) is 10.4 Å². The van der Waals surface area contributed by atoms with Crippen molar-refractivity contribution in [1.29, 1.82) is 5.26 Å². The topological polar surface area (TPSA) is 214 Å². The highest BCUT2D eigenvalue weighted by atomic mass is 32.1. The van der Waals surface area contributed by atoms with E-state index in [0.29, 0.717) is 17.4 Å². The molecule has 362 valence electrons. The van der Waals surface area contributed by atoms with E-state index in [1.54, 1.807) is 67.2 Å². The summed E-state index contributed by atoms with van der Waals surface area (Å²) in [4.78, 5) is 67.2. The highest BCUT2D eigenvalue weighted by molar-refractivity contribution is 7.15. The van der Waals surface area contributed by atoms with Crippen LogP contribution < -0.4 is 15.4 Å². The number of β-amino-alcohol motifs (C(OH)–C–C–N with tert-alkyl or cyclic N) is 1. The normalized spacial score (nSPS) is 17.3. The first-order valence-corrected chi connectivity index (χ1v) is 24.6. The van der Waals surface area contributed by atoms with Crippen molar-refractivity contribution in [1.82, 2.24) is 35.3 Å². The first kappa shape index (κ1) is 49.4. The lowest BCUT2D eigenvalue weighted by molar-refractivity contribution is -0.144. The Kier molecular flexibility index (Phi) is 14.2. The molecule has 3 amide bonds. The molecular formula is C52H55N9O7S2. The minimum atomic E-state index is -1.07. The zero-order valence-corrected chi connectivity index (χ0v) is 42.1. The molecule has 5 heterocycles. The van der Waals surface area contributed by atoms with Gasteiger partial charge in [-0.3, -0.25) is 28.7 Å². The van der Waals surface area contributed by atoms with Crippen molar-refractivity contribution in [3.63, 3.8) is 0 Å². The molecule has 0 saturated carbocycles. The van der Waals surface area contributed by atoms with Crippen LogP contribution in [0.25, 0.3) is 26.6 Å². The maximum absolute atomic E-state index is 14.3. The first-order valence-electron chi connectivity index (χ1n) is 22.9. The summed E-state index contributed by atoms with van der Waals surface area (Å²) < 4.78 is 12.9. The molecule has 2 aliphatic heterocycles. The molecule has 0 radical (unpaired) electrons. The Bertz CT molecular complexity index is 3050. The van der Waals surface area contributed by atoms with Gasteiger partial charge >= 0.3 is 5.97 Å². The highest BCUT2D eigenvalue weighted by Crippen LogP contribution is 2.40. The van der Waals surface area contributed by atoms with Crippen LogP contribution in [0.5, 0.6) is 5.75 Å². The van der Waals surface area contributed by atoms with Crippen molar-refractivity contribution in [2.45, 2.75) is 98.5 Å². The standard InChI is InChI=1S/C52H55N9O7S2/c1-27-30(4)70-51-44(27)45(56-39(22-43(64)67-9)48-59-58-31(5)61(48)51)34-14-12-33(13-15-34)36-18-19-41(37(20-36)23-53)68-25-42(63)57-47(52(6,7)8)50(66)60-24-38(62)21-40(60)49(65)55-28(2)32-10-16-35(17-11-32)46-29(3)54-26-69-46/h10-20,26,28,38-40,47,62H,21-22,24-25H2,1-9H3,(H,55,65)(H,57,63)/t28-,38+,39?,40-,47+/m0/s1. The number of aliphatic hydroxyl groups is 1. The van der Waals surface area contributed by atoms with Crippen LogP contribution in [0, 0.1) is 44.4 Å². The maximum atomic E-state index is 14.3. The Hall–Kier alpha value is -7.07. The molecule has 5 atom stereocenters. The molecule has 70 heavy (non-hydrogen) atoms. The molecule has 1 unspecified atom stereocenters. The number of nitrogens with zero attached hydrogens (tertiary/aromatic N) is 7. The summed E-state index contributed by atoms with van der Waals surface area (Å²) in [6.07, 6.45) is -0.892. The predicted octanol–water partition coefficient (Wildman–Crippen LogP) is 7.43. The van der Waals surface area contributed by atoms with Crippen LogP contribution in [0.2, 0.25) is 0 Å². The summed E-state index contributed by atoms with van der Waals surface area (Å²) in [5, 5.41) is 36.5. The molecule has 0 aliphatic carbocycles. The number of thiophene rings is 1. The fourth-order valence-electron chi connectivity index (χ4n) is 8.87. The number of carbonyl (C=O) groups excluding carboxylic acids is 4. The van der Waals surface area contributed by atoms with Gasteiger partial charge in [-0.25, -0.2) is 4.98 Å². The zero-order chi connectivity index (χ0) is 50.2. The van der Waals surface area contributed by atoms with E-state index in [1.165, 1.54) is 12.0 Å². The van der Waals surface area contributed by atoms with Gasteiger partial charge in [0.1, 0.15) is 40.8 Å². The summed E-state index contributed by atoms with van der Waals surface area (Å²) in [5.41, 5.74) is 9.15. The third kappa shape index (κ3) is 10.0. The van der Waals surface area contributed by atoms with Crippen molar-refractivity contribution < 1.29 is 33.8 Å². The van der Waals surface area contributed by atoms with Crippen LogP contribution in [-0.2, 0) is 23.9 Å². The number of benzene rings is 3. The molecule has 2 aliphatic rings. The molecule has 3 aromatic heterocycles. The van der Waals surface area contributed by atoms with Crippen molar-refractivity contribution in [3.8, 4) is 38.4 Å². The van der Waals surface area contributed by atoms with Gasteiger partial charge in [0, 0.05) is 29.0 Å². The largest absolute Gasteiger partial charge is 0.482 e. The minimum Gasteiger partial charge on any atom is -0.482 e. The number of nitrogens with one attached hydrogen (secondary N) is 2. The monoisotopic (exact) mass is 981 g/mol. The summed E-state index contributed by atoms with van der Waals surface area (Å²) in [7, 11) is 1.35. The minimum absolute atomic E-state index is 0.0121. The molecule has 3 N–H and O–H groups in total. The molecule has 3 aromatic carbocycles. The van der Waals surface area contributed by atoms with Crippen LogP contribution in [0.3, 0.4) is 0 Å².